The first-order chi connectivity index (χ1) is 18.4. The summed E-state index contributed by atoms with van der Waals surface area (Å²) in [5.41, 5.74) is 3.95. The van der Waals surface area contributed by atoms with E-state index < -0.39 is 58.0 Å². The molecule has 40 heavy (non-hydrogen) atoms. The summed E-state index contributed by atoms with van der Waals surface area (Å²) in [6, 6.07) is 0.898. The predicted molar refractivity (Wildman–Crippen MR) is 149 cm³/mol. The minimum Gasteiger partial charge on any atom is -0.510 e. The lowest BCUT2D eigenvalue weighted by atomic mass is 9.58. The molecule has 0 fully saturated rings. The maximum absolute atomic E-state index is 14.1. The number of likely N-dealkylation sites (N-methyl/N-ethyl adjacent to an activating group) is 1. The van der Waals surface area contributed by atoms with Crippen LogP contribution in [0.15, 0.2) is 28.7 Å². The number of rotatable bonds is 6. The van der Waals surface area contributed by atoms with Crippen LogP contribution in [0.5, 0.6) is 5.75 Å². The highest BCUT2D eigenvalue weighted by Gasteiger charge is 2.63. The lowest BCUT2D eigenvalue weighted by Crippen LogP contribution is -2.63. The molecule has 0 saturated heterocycles. The van der Waals surface area contributed by atoms with Crippen molar-refractivity contribution in [3.8, 4) is 5.75 Å². The number of nitrogens with two attached hydrogens (primary N) is 1. The van der Waals surface area contributed by atoms with E-state index in [0.717, 1.165) is 5.56 Å². The van der Waals surface area contributed by atoms with Gasteiger partial charge in [-0.1, -0.05) is 40.7 Å². The number of ketones is 2. The van der Waals surface area contributed by atoms with Crippen molar-refractivity contribution < 1.29 is 34.8 Å². The second kappa shape index (κ2) is 10.0. The summed E-state index contributed by atoms with van der Waals surface area (Å²) >= 11 is 0. The molecule has 0 unspecified atom stereocenters. The number of aliphatic hydroxyl groups excluding tert-OH is 2. The highest BCUT2D eigenvalue weighted by molar-refractivity contribution is 6.24. The monoisotopic (exact) mass is 555 g/mol. The molecule has 1 aromatic rings. The summed E-state index contributed by atoms with van der Waals surface area (Å²) in [6.45, 7) is 11.2. The molecule has 0 spiro atoms. The zero-order valence-electron chi connectivity index (χ0n) is 24.3. The van der Waals surface area contributed by atoms with E-state index in [4.69, 9.17) is 5.73 Å². The van der Waals surface area contributed by atoms with Crippen molar-refractivity contribution in [2.45, 2.75) is 71.6 Å². The van der Waals surface area contributed by atoms with Gasteiger partial charge in [0.2, 0.25) is 5.78 Å². The molecule has 7 N–H and O–H groups in total. The lowest BCUT2D eigenvalue weighted by Gasteiger charge is -2.50. The Balaban J connectivity index is 1.90. The van der Waals surface area contributed by atoms with Crippen molar-refractivity contribution in [2.75, 3.05) is 20.6 Å². The van der Waals surface area contributed by atoms with Gasteiger partial charge in [0.15, 0.2) is 11.4 Å². The molecule has 218 valence electrons. The summed E-state index contributed by atoms with van der Waals surface area (Å²) in [7, 11) is 3.22. The van der Waals surface area contributed by atoms with Crippen LogP contribution in [0.25, 0.3) is 0 Å². The number of hydrogen-bond acceptors (Lipinski definition) is 9. The standard InChI is InChI=1S/C30H41N3O7/c1-13(2)16-9-15(11-32-12-29(3,4)5)23(34)20-17(16)8-14-10-18-22(33(6)7)25(36)21(28(31)39)27(38)30(18,40)26(37)19(14)24(20)35/h9,13-14,18,22,32,34,36-37,40H,8,10-12H2,1-7H3,(H2,31,39)/t14-,18-,22+,30-/m0/s1. The van der Waals surface area contributed by atoms with E-state index in [9.17, 15) is 34.8 Å². The fraction of sp³-hybridized carbons (Fsp3) is 0.567. The number of allylic oxidation sites excluding steroid dienone is 1. The molecule has 1 amide bonds. The minimum atomic E-state index is -2.65. The molecule has 10 nitrogen and oxygen atoms in total. The Kier molecular flexibility index (Phi) is 7.45. The highest BCUT2D eigenvalue weighted by Crippen LogP contribution is 2.53. The average molecular weight is 556 g/mol. The van der Waals surface area contributed by atoms with Crippen LogP contribution >= 0.6 is 0 Å². The van der Waals surface area contributed by atoms with Gasteiger partial charge >= 0.3 is 0 Å². The number of carbonyl (C=O) groups excluding carboxylic acids is 3. The van der Waals surface area contributed by atoms with Crippen LogP contribution in [0, 0.1) is 17.3 Å². The Labute approximate surface area is 234 Å². The van der Waals surface area contributed by atoms with Crippen LogP contribution < -0.4 is 11.1 Å². The van der Waals surface area contributed by atoms with Gasteiger partial charge < -0.3 is 31.5 Å². The topological polar surface area (TPSA) is 173 Å². The van der Waals surface area contributed by atoms with E-state index in [-0.39, 0.29) is 41.1 Å². The minimum absolute atomic E-state index is 0.00201. The van der Waals surface area contributed by atoms with Gasteiger partial charge in [0.25, 0.3) is 5.91 Å². The van der Waals surface area contributed by atoms with Crippen LogP contribution in [0.4, 0.5) is 0 Å². The fourth-order valence-corrected chi connectivity index (χ4v) is 6.63. The van der Waals surface area contributed by atoms with E-state index in [1.807, 2.05) is 19.9 Å². The molecular weight excluding hydrogens is 514 g/mol. The molecule has 0 radical (unpaired) electrons. The number of carbonyl (C=O) groups is 3. The van der Waals surface area contributed by atoms with Gasteiger partial charge in [0.1, 0.15) is 22.8 Å². The van der Waals surface area contributed by atoms with Crippen molar-refractivity contribution in [2.24, 2.45) is 23.0 Å². The van der Waals surface area contributed by atoms with Gasteiger partial charge in [-0.25, -0.2) is 0 Å². The van der Waals surface area contributed by atoms with E-state index in [0.29, 0.717) is 24.2 Å². The molecule has 3 aliphatic carbocycles. The maximum atomic E-state index is 14.1. The molecule has 0 heterocycles. The number of primary amides is 1. The average Bonchev–Trinajstić information content (AvgIpc) is 2.81. The first-order valence-corrected chi connectivity index (χ1v) is 13.7. The molecule has 0 saturated carbocycles. The number of phenols is 1. The smallest absolute Gasteiger partial charge is 0.255 e. The zero-order chi connectivity index (χ0) is 30.1. The molecule has 10 heteroatoms. The molecule has 4 rings (SSSR count). The van der Waals surface area contributed by atoms with E-state index in [1.54, 1.807) is 19.0 Å². The zero-order valence-corrected chi connectivity index (χ0v) is 24.3. The number of aliphatic hydroxyl groups is 3. The lowest BCUT2D eigenvalue weighted by molar-refractivity contribution is -0.148. The number of aromatic hydroxyl groups is 1. The van der Waals surface area contributed by atoms with Gasteiger partial charge in [-0.05, 0) is 55.3 Å². The summed E-state index contributed by atoms with van der Waals surface area (Å²) < 4.78 is 0. The van der Waals surface area contributed by atoms with E-state index in [2.05, 4.69) is 26.1 Å². The first-order valence-electron chi connectivity index (χ1n) is 13.7. The van der Waals surface area contributed by atoms with Crippen LogP contribution in [-0.2, 0) is 22.6 Å². The Morgan fingerprint density at radius 2 is 1.82 bits per heavy atom. The number of fused-ring (bicyclic) bond motifs is 3. The number of nitrogens with zero attached hydrogens (tertiary/aromatic N) is 1. The number of amides is 1. The second-order valence-electron chi connectivity index (χ2n) is 13.1. The predicted octanol–water partition coefficient (Wildman–Crippen LogP) is 2.38. The van der Waals surface area contributed by atoms with Gasteiger partial charge in [0.05, 0.1) is 11.6 Å². The Morgan fingerprint density at radius 3 is 2.35 bits per heavy atom. The van der Waals surface area contributed by atoms with E-state index >= 15 is 0 Å². The summed E-state index contributed by atoms with van der Waals surface area (Å²) in [4.78, 5) is 41.2. The van der Waals surface area contributed by atoms with Gasteiger partial charge in [-0.15, -0.1) is 0 Å². The van der Waals surface area contributed by atoms with Crippen molar-refractivity contribution in [1.29, 1.82) is 0 Å². The third-order valence-electron chi connectivity index (χ3n) is 8.43. The van der Waals surface area contributed by atoms with Crippen molar-refractivity contribution in [3.05, 3.63) is 51.0 Å². The number of phenolic OH excluding ortho intramolecular Hbond substituents is 1. The summed E-state index contributed by atoms with van der Waals surface area (Å²) in [5, 5.41) is 48.8. The first kappa shape index (κ1) is 29.8. The highest BCUT2D eigenvalue weighted by atomic mass is 16.3. The van der Waals surface area contributed by atoms with Crippen LogP contribution in [0.1, 0.15) is 74.0 Å². The quantitative estimate of drug-likeness (QED) is 0.288. The van der Waals surface area contributed by atoms with Crippen molar-refractivity contribution >= 4 is 17.5 Å². The van der Waals surface area contributed by atoms with Crippen LogP contribution in [-0.4, -0.2) is 75.1 Å². The number of benzene rings is 1. The molecule has 1 aromatic carbocycles. The Hall–Kier alpha value is -3.21. The SMILES string of the molecule is CC(C)c1cc(CNCC(C)(C)C)c(O)c2c1C[C@H]1C[C@H]3[C@@H](N(C)C)C(O)=C(C(N)=O)C(=O)[C@@]3(O)C(O)=C1C2=O. The molecule has 3 aliphatic rings. The Morgan fingerprint density at radius 1 is 1.20 bits per heavy atom. The van der Waals surface area contributed by atoms with Crippen molar-refractivity contribution in [3.63, 3.8) is 0 Å². The third-order valence-corrected chi connectivity index (χ3v) is 8.43. The maximum Gasteiger partial charge on any atom is 0.255 e. The molecule has 0 bridgehead atoms. The van der Waals surface area contributed by atoms with Crippen LogP contribution in [0.3, 0.4) is 0 Å². The number of nitrogens with one attached hydrogen (secondary N) is 1. The van der Waals surface area contributed by atoms with Gasteiger partial charge in [-0.2, -0.15) is 0 Å². The summed E-state index contributed by atoms with van der Waals surface area (Å²) in [5.74, 6) is -6.39. The van der Waals surface area contributed by atoms with Gasteiger partial charge in [-0.3, -0.25) is 19.3 Å². The molecular formula is C30H41N3O7. The molecule has 0 aromatic heterocycles. The number of hydrogen-bond donors (Lipinski definition) is 6. The second-order valence-corrected chi connectivity index (χ2v) is 13.1. The normalized spacial score (nSPS) is 26.8. The fourth-order valence-electron chi connectivity index (χ4n) is 6.63. The third kappa shape index (κ3) is 4.52. The van der Waals surface area contributed by atoms with Crippen molar-refractivity contribution in [1.82, 2.24) is 10.2 Å². The van der Waals surface area contributed by atoms with Crippen LogP contribution in [0.2, 0.25) is 0 Å². The molecule has 4 atom stereocenters. The largest absolute Gasteiger partial charge is 0.510 e. The van der Waals surface area contributed by atoms with Gasteiger partial charge in [0, 0.05) is 30.1 Å². The van der Waals surface area contributed by atoms with E-state index in [1.165, 1.54) is 0 Å². The Bertz CT molecular complexity index is 1350. The number of Topliss-reactive ketones (excluding diaryl/α,β-unsaturated/α-hetero) is 2. The molecule has 0 aliphatic heterocycles. The summed E-state index contributed by atoms with van der Waals surface area (Å²) in [6.07, 6.45) is 0.351.